The van der Waals surface area contributed by atoms with Crippen LogP contribution in [0, 0.1) is 5.82 Å². The van der Waals surface area contributed by atoms with Crippen molar-refractivity contribution >= 4 is 11.4 Å². The lowest BCUT2D eigenvalue weighted by Gasteiger charge is -2.26. The van der Waals surface area contributed by atoms with Crippen LogP contribution in [0.1, 0.15) is 35.7 Å². The Morgan fingerprint density at radius 3 is 2.09 bits per heavy atom. The molecule has 0 fully saturated rings. The largest absolute Gasteiger partial charge is 0.502 e. The van der Waals surface area contributed by atoms with Crippen LogP contribution in [-0.4, -0.2) is 19.3 Å². The van der Waals surface area contributed by atoms with Gasteiger partial charge in [-0.05, 0) is 60.0 Å². The van der Waals surface area contributed by atoms with E-state index in [1.807, 2.05) is 25.1 Å². The van der Waals surface area contributed by atoms with Crippen molar-refractivity contribution in [1.82, 2.24) is 5.32 Å². The predicted molar refractivity (Wildman–Crippen MR) is 132 cm³/mol. The molecule has 35 heavy (non-hydrogen) atoms. The van der Waals surface area contributed by atoms with Crippen LogP contribution in [0.15, 0.2) is 76.3 Å². The normalized spacial score (nSPS) is 12.8. The summed E-state index contributed by atoms with van der Waals surface area (Å²) in [4.78, 5) is 23.1. The third-order valence-electron chi connectivity index (χ3n) is 5.87. The lowest BCUT2D eigenvalue weighted by Crippen LogP contribution is -2.32. The molecular weight excluding hydrogens is 451 g/mol. The molecule has 7 nitrogen and oxygen atoms in total. The highest BCUT2D eigenvalue weighted by molar-refractivity contribution is 5.69. The highest BCUT2D eigenvalue weighted by Crippen LogP contribution is 2.32. The summed E-state index contributed by atoms with van der Waals surface area (Å²) < 4.78 is 24.4. The average Bonchev–Trinajstić information content (AvgIpc) is 2.89. The number of ether oxygens (including phenoxy) is 2. The minimum absolute atomic E-state index is 0.129. The maximum Gasteiger partial charge on any atom is 0.271 e. The van der Waals surface area contributed by atoms with Crippen LogP contribution in [0.2, 0.25) is 0 Å². The monoisotopic (exact) mass is 476 g/mol. The number of benzene rings is 3. The van der Waals surface area contributed by atoms with E-state index in [-0.39, 0.29) is 23.6 Å². The van der Waals surface area contributed by atoms with Crippen molar-refractivity contribution in [2.24, 2.45) is 0 Å². The van der Waals surface area contributed by atoms with Crippen molar-refractivity contribution in [3.05, 3.63) is 110 Å². The predicted octanol–water partition coefficient (Wildman–Crippen LogP) is 4.33. The van der Waals surface area contributed by atoms with E-state index < -0.39 is 16.6 Å². The molecule has 0 aliphatic carbocycles. The first-order chi connectivity index (χ1) is 16.8. The molecule has 8 heteroatoms. The summed E-state index contributed by atoms with van der Waals surface area (Å²) in [5.74, 6) is 0.397. The number of halogens is 1. The molecule has 0 aromatic heterocycles. The van der Waals surface area contributed by atoms with Gasteiger partial charge < -0.3 is 19.9 Å². The molecule has 0 saturated carbocycles. The molecule has 2 atom stereocenters. The molecule has 4 rings (SSSR count). The van der Waals surface area contributed by atoms with E-state index in [0.29, 0.717) is 17.2 Å². The molecule has 2 unspecified atom stereocenters. The van der Waals surface area contributed by atoms with Crippen molar-refractivity contribution in [1.29, 1.82) is 0 Å². The molecule has 180 valence electrons. The molecule has 0 aliphatic heterocycles. The molecule has 0 bridgehead atoms. The van der Waals surface area contributed by atoms with E-state index in [0.717, 1.165) is 16.7 Å². The van der Waals surface area contributed by atoms with Gasteiger partial charge in [-0.3, -0.25) is 14.9 Å². The van der Waals surface area contributed by atoms with Gasteiger partial charge in [-0.2, -0.15) is 0 Å². The highest BCUT2D eigenvalue weighted by atomic mass is 19.1. The van der Waals surface area contributed by atoms with E-state index in [1.54, 1.807) is 50.6 Å². The van der Waals surface area contributed by atoms with Gasteiger partial charge in [0, 0.05) is 17.8 Å². The summed E-state index contributed by atoms with van der Waals surface area (Å²) in [6.07, 6.45) is 0. The molecule has 4 aromatic rings. The number of hydrogen-bond acceptors (Lipinski definition) is 7. The fourth-order valence-electron chi connectivity index (χ4n) is 3.90. The second-order valence-electron chi connectivity index (χ2n) is 8.15. The number of anilines is 2. The Labute approximate surface area is 201 Å². The Bertz CT molecular complexity index is 1390. The molecule has 4 aromatic carbocycles. The lowest BCUT2D eigenvalue weighted by molar-refractivity contribution is 0.391. The molecule has 0 amide bonds. The van der Waals surface area contributed by atoms with Gasteiger partial charge in [0.15, 0.2) is 5.75 Å². The fourth-order valence-corrected chi connectivity index (χ4v) is 3.90. The summed E-state index contributed by atoms with van der Waals surface area (Å²) >= 11 is 0. The maximum absolute atomic E-state index is 13.7. The quantitative estimate of drug-likeness (QED) is 0.310. The first kappa shape index (κ1) is 24.0. The lowest BCUT2D eigenvalue weighted by atomic mass is 9.96. The maximum atomic E-state index is 13.7. The molecule has 0 radical (unpaired) electrons. The van der Waals surface area contributed by atoms with Crippen molar-refractivity contribution in [3.8, 4) is 17.2 Å². The summed E-state index contributed by atoms with van der Waals surface area (Å²) in [5, 5.41) is 16.1. The van der Waals surface area contributed by atoms with Gasteiger partial charge >= 0.3 is 0 Å². The van der Waals surface area contributed by atoms with E-state index in [2.05, 4.69) is 10.6 Å². The van der Waals surface area contributed by atoms with Crippen molar-refractivity contribution in [2.75, 3.05) is 19.5 Å². The highest BCUT2D eigenvalue weighted by Gasteiger charge is 2.22. The zero-order valence-corrected chi connectivity index (χ0v) is 19.5. The van der Waals surface area contributed by atoms with Gasteiger partial charge in [-0.25, -0.2) is 4.39 Å². The van der Waals surface area contributed by atoms with Gasteiger partial charge in [-0.1, -0.05) is 24.3 Å². The van der Waals surface area contributed by atoms with Crippen LogP contribution >= 0.6 is 0 Å². The molecule has 0 saturated heterocycles. The first-order valence-corrected chi connectivity index (χ1v) is 10.9. The Hall–Kier alpha value is -4.17. The van der Waals surface area contributed by atoms with Crippen LogP contribution in [0.4, 0.5) is 15.8 Å². The molecular formula is C27H25FN2O5. The smallest absolute Gasteiger partial charge is 0.271 e. The van der Waals surface area contributed by atoms with Crippen molar-refractivity contribution in [3.63, 3.8) is 0 Å². The van der Waals surface area contributed by atoms with E-state index >= 15 is 0 Å². The van der Waals surface area contributed by atoms with Crippen LogP contribution in [-0.2, 0) is 0 Å². The van der Waals surface area contributed by atoms with Gasteiger partial charge in [-0.15, -0.1) is 0 Å². The SMILES string of the molecule is COc1cc(OC)cc(C(C)NC(c2ccc(F)cc2)c2cccc(Nc3c(O)c(=O)c3=O)c2)c1. The van der Waals surface area contributed by atoms with E-state index in [9.17, 15) is 19.1 Å². The number of rotatable bonds is 9. The minimum Gasteiger partial charge on any atom is -0.502 e. The number of hydrogen-bond donors (Lipinski definition) is 3. The first-order valence-electron chi connectivity index (χ1n) is 10.9. The summed E-state index contributed by atoms with van der Waals surface area (Å²) in [6.45, 7) is 1.99. The van der Waals surface area contributed by atoms with Crippen LogP contribution in [0.25, 0.3) is 0 Å². The average molecular weight is 477 g/mol. The minimum atomic E-state index is -0.906. The van der Waals surface area contributed by atoms with Gasteiger partial charge in [0.1, 0.15) is 23.0 Å². The Balaban J connectivity index is 1.69. The van der Waals surface area contributed by atoms with Crippen LogP contribution < -0.4 is 31.0 Å². The van der Waals surface area contributed by atoms with E-state index in [4.69, 9.17) is 9.47 Å². The van der Waals surface area contributed by atoms with Crippen molar-refractivity contribution < 1.29 is 19.0 Å². The second-order valence-corrected chi connectivity index (χ2v) is 8.15. The molecule has 0 heterocycles. The standard InChI is InChI=1S/C27H25FN2O5/c1-15(18-12-21(34-2)14-22(13-18)35-3)29-23(16-7-9-19(28)10-8-16)17-5-4-6-20(11-17)30-24-25(31)27(33)26(24)32/h4-15,23,29-31H,1-3H3. The third kappa shape index (κ3) is 5.02. The molecule has 0 spiro atoms. The summed E-state index contributed by atoms with van der Waals surface area (Å²) in [6, 6.07) is 18.5. The zero-order chi connectivity index (χ0) is 25.1. The Kier molecular flexibility index (Phi) is 6.84. The molecule has 0 aliphatic rings. The zero-order valence-electron chi connectivity index (χ0n) is 19.5. The summed E-state index contributed by atoms with van der Waals surface area (Å²) in [5.41, 5.74) is 1.29. The van der Waals surface area contributed by atoms with Crippen LogP contribution in [0.5, 0.6) is 17.2 Å². The topological polar surface area (TPSA) is 96.9 Å². The van der Waals surface area contributed by atoms with Crippen molar-refractivity contribution in [2.45, 2.75) is 19.0 Å². The number of aromatic hydroxyl groups is 1. The van der Waals surface area contributed by atoms with Gasteiger partial charge in [0.2, 0.25) is 0 Å². The van der Waals surface area contributed by atoms with Gasteiger partial charge in [0.25, 0.3) is 10.9 Å². The second kappa shape index (κ2) is 9.99. The van der Waals surface area contributed by atoms with Gasteiger partial charge in [0.05, 0.1) is 20.3 Å². The summed E-state index contributed by atoms with van der Waals surface area (Å²) in [7, 11) is 3.17. The number of nitrogens with one attached hydrogen (secondary N) is 2. The fraction of sp³-hybridized carbons (Fsp3) is 0.185. The van der Waals surface area contributed by atoms with Crippen LogP contribution in [0.3, 0.4) is 0 Å². The number of methoxy groups -OCH3 is 2. The molecule has 3 N–H and O–H groups in total. The Morgan fingerprint density at radius 2 is 1.49 bits per heavy atom. The Morgan fingerprint density at radius 1 is 0.829 bits per heavy atom. The third-order valence-corrected chi connectivity index (χ3v) is 5.87. The van der Waals surface area contributed by atoms with E-state index in [1.165, 1.54) is 12.1 Å².